The molecular formula is C9H15NO4. The largest absolute Gasteiger partial charge is 0.467 e. The molecule has 1 amide bonds. The van der Waals surface area contributed by atoms with E-state index in [4.69, 9.17) is 0 Å². The second-order valence-electron chi connectivity index (χ2n) is 3.91. The summed E-state index contributed by atoms with van der Waals surface area (Å²) in [6.07, 6.45) is -0.591. The monoisotopic (exact) mass is 201 g/mol. The number of nitrogens with zero attached hydrogens (tertiary/aromatic N) is 1. The molecule has 1 heterocycles. The first-order valence-corrected chi connectivity index (χ1v) is 4.46. The average molecular weight is 201 g/mol. The van der Waals surface area contributed by atoms with E-state index < -0.39 is 17.6 Å². The first-order valence-electron chi connectivity index (χ1n) is 4.46. The number of carbonyl (C=O) groups is 2. The highest BCUT2D eigenvalue weighted by Crippen LogP contribution is 2.23. The van der Waals surface area contributed by atoms with Crippen LogP contribution in [0.25, 0.3) is 0 Å². The first kappa shape index (κ1) is 11.0. The summed E-state index contributed by atoms with van der Waals surface area (Å²) in [5.74, 6) is -0.687. The molecule has 5 heteroatoms. The number of hydrogen-bond donors (Lipinski definition) is 1. The Labute approximate surface area is 82.6 Å². The Morgan fingerprint density at radius 2 is 2.21 bits per heavy atom. The van der Waals surface area contributed by atoms with Crippen molar-refractivity contribution >= 4 is 11.9 Å². The molecule has 0 aromatic heterocycles. The number of amides is 1. The maximum atomic E-state index is 11.4. The molecule has 1 saturated heterocycles. The molecule has 0 aliphatic carbocycles. The molecule has 1 aliphatic heterocycles. The summed E-state index contributed by atoms with van der Waals surface area (Å²) in [6.45, 7) is 3.41. The lowest BCUT2D eigenvalue weighted by Crippen LogP contribution is -2.51. The van der Waals surface area contributed by atoms with Crippen LogP contribution in [0, 0.1) is 0 Å². The minimum absolute atomic E-state index is 0.0838. The van der Waals surface area contributed by atoms with Crippen LogP contribution in [0.4, 0.5) is 0 Å². The van der Waals surface area contributed by atoms with Crippen LogP contribution in [0.15, 0.2) is 0 Å². The van der Waals surface area contributed by atoms with Crippen LogP contribution in [-0.4, -0.2) is 47.2 Å². The van der Waals surface area contributed by atoms with Gasteiger partial charge in [0.1, 0.15) is 5.54 Å². The number of carbonyl (C=O) groups excluding carboxylic acids is 2. The molecule has 0 bridgehead atoms. The Kier molecular flexibility index (Phi) is 2.80. The predicted molar refractivity (Wildman–Crippen MR) is 48.4 cm³/mol. The molecule has 1 fully saturated rings. The Morgan fingerprint density at radius 1 is 1.64 bits per heavy atom. The summed E-state index contributed by atoms with van der Waals surface area (Å²) in [4.78, 5) is 24.1. The number of rotatable bonds is 2. The highest BCUT2D eigenvalue weighted by Gasteiger charge is 2.43. The number of esters is 1. The fraction of sp³-hybridized carbons (Fsp3) is 0.778. The Balaban J connectivity index is 2.82. The molecule has 1 rings (SSSR count). The third-order valence-corrected chi connectivity index (χ3v) is 2.46. The summed E-state index contributed by atoms with van der Waals surface area (Å²) in [7, 11) is 1.28. The predicted octanol–water partition coefficient (Wildman–Crippen LogP) is -0.469. The van der Waals surface area contributed by atoms with E-state index in [-0.39, 0.29) is 18.9 Å². The molecule has 5 nitrogen and oxygen atoms in total. The molecule has 0 aromatic rings. The maximum absolute atomic E-state index is 11.4. The number of aliphatic hydroxyl groups excluding tert-OH is 1. The van der Waals surface area contributed by atoms with Crippen molar-refractivity contribution in [1.82, 2.24) is 4.90 Å². The normalized spacial score (nSPS) is 22.7. The maximum Gasteiger partial charge on any atom is 0.331 e. The van der Waals surface area contributed by atoms with Crippen molar-refractivity contribution < 1.29 is 19.4 Å². The molecule has 1 N–H and O–H groups in total. The smallest absolute Gasteiger partial charge is 0.331 e. The second-order valence-corrected chi connectivity index (χ2v) is 3.91. The molecule has 0 aromatic carbocycles. The molecule has 1 aliphatic rings. The minimum atomic E-state index is -0.997. The quantitative estimate of drug-likeness (QED) is 0.613. The van der Waals surface area contributed by atoms with E-state index in [0.717, 1.165) is 0 Å². The Bertz CT molecular complexity index is 262. The van der Waals surface area contributed by atoms with Gasteiger partial charge < -0.3 is 14.7 Å². The van der Waals surface area contributed by atoms with Crippen molar-refractivity contribution in [2.75, 3.05) is 13.7 Å². The SMILES string of the molecule is COC(=O)C(C)(C)N1CC(O)CC1=O. The van der Waals surface area contributed by atoms with E-state index in [1.165, 1.54) is 12.0 Å². The third kappa shape index (κ3) is 1.72. The van der Waals surface area contributed by atoms with Gasteiger partial charge in [-0.3, -0.25) is 4.79 Å². The summed E-state index contributed by atoms with van der Waals surface area (Å²) in [5.41, 5.74) is -0.997. The van der Waals surface area contributed by atoms with Gasteiger partial charge in [-0.05, 0) is 13.8 Å². The van der Waals surface area contributed by atoms with Gasteiger partial charge >= 0.3 is 5.97 Å². The van der Waals surface area contributed by atoms with Gasteiger partial charge in [-0.15, -0.1) is 0 Å². The highest BCUT2D eigenvalue weighted by atomic mass is 16.5. The molecule has 80 valence electrons. The number of aliphatic hydroxyl groups is 1. The molecule has 1 atom stereocenters. The van der Waals surface area contributed by atoms with E-state index in [9.17, 15) is 14.7 Å². The summed E-state index contributed by atoms with van der Waals surface area (Å²) in [6, 6.07) is 0. The molecule has 14 heavy (non-hydrogen) atoms. The van der Waals surface area contributed by atoms with Crippen LogP contribution < -0.4 is 0 Å². The lowest BCUT2D eigenvalue weighted by molar-refractivity contribution is -0.157. The van der Waals surface area contributed by atoms with Gasteiger partial charge in [0.05, 0.1) is 19.6 Å². The van der Waals surface area contributed by atoms with Crippen LogP contribution in [-0.2, 0) is 14.3 Å². The summed E-state index contributed by atoms with van der Waals surface area (Å²) < 4.78 is 4.60. The zero-order valence-corrected chi connectivity index (χ0v) is 8.61. The summed E-state index contributed by atoms with van der Waals surface area (Å²) >= 11 is 0. The fourth-order valence-electron chi connectivity index (χ4n) is 1.59. The zero-order valence-electron chi connectivity index (χ0n) is 8.61. The van der Waals surface area contributed by atoms with Crippen LogP contribution in [0.1, 0.15) is 20.3 Å². The first-order chi connectivity index (χ1) is 6.39. The van der Waals surface area contributed by atoms with E-state index in [0.29, 0.717) is 0 Å². The van der Waals surface area contributed by atoms with Crippen LogP contribution in [0.3, 0.4) is 0 Å². The van der Waals surface area contributed by atoms with E-state index >= 15 is 0 Å². The van der Waals surface area contributed by atoms with Gasteiger partial charge in [-0.1, -0.05) is 0 Å². The van der Waals surface area contributed by atoms with Crippen molar-refractivity contribution in [3.05, 3.63) is 0 Å². The minimum Gasteiger partial charge on any atom is -0.467 e. The van der Waals surface area contributed by atoms with Gasteiger partial charge in [-0.2, -0.15) is 0 Å². The third-order valence-electron chi connectivity index (χ3n) is 2.46. The number of β-amino-alcohol motifs (C(OH)–C–C–N with tert-alkyl or cyclic N) is 1. The van der Waals surface area contributed by atoms with Crippen LogP contribution >= 0.6 is 0 Å². The van der Waals surface area contributed by atoms with E-state index in [1.807, 2.05) is 0 Å². The van der Waals surface area contributed by atoms with Gasteiger partial charge in [0.15, 0.2) is 0 Å². The summed E-state index contributed by atoms with van der Waals surface area (Å²) in [5, 5.41) is 9.27. The van der Waals surface area contributed by atoms with Gasteiger partial charge in [0.2, 0.25) is 5.91 Å². The molecule has 0 spiro atoms. The van der Waals surface area contributed by atoms with Crippen molar-refractivity contribution in [3.8, 4) is 0 Å². The van der Waals surface area contributed by atoms with Gasteiger partial charge in [0.25, 0.3) is 0 Å². The van der Waals surface area contributed by atoms with Crippen LogP contribution in [0.5, 0.6) is 0 Å². The van der Waals surface area contributed by atoms with Gasteiger partial charge in [0, 0.05) is 6.54 Å². The lowest BCUT2D eigenvalue weighted by Gasteiger charge is -2.32. The van der Waals surface area contributed by atoms with Crippen molar-refractivity contribution in [2.24, 2.45) is 0 Å². The number of methoxy groups -OCH3 is 1. The molecular weight excluding hydrogens is 186 g/mol. The lowest BCUT2D eigenvalue weighted by atomic mass is 10.0. The molecule has 0 radical (unpaired) electrons. The van der Waals surface area contributed by atoms with E-state index in [2.05, 4.69) is 4.74 Å². The van der Waals surface area contributed by atoms with Gasteiger partial charge in [-0.25, -0.2) is 4.79 Å². The van der Waals surface area contributed by atoms with Crippen molar-refractivity contribution in [1.29, 1.82) is 0 Å². The van der Waals surface area contributed by atoms with Crippen molar-refractivity contribution in [3.63, 3.8) is 0 Å². The number of hydrogen-bond acceptors (Lipinski definition) is 4. The molecule has 0 saturated carbocycles. The van der Waals surface area contributed by atoms with E-state index in [1.54, 1.807) is 13.8 Å². The Morgan fingerprint density at radius 3 is 2.57 bits per heavy atom. The second kappa shape index (κ2) is 3.57. The number of likely N-dealkylation sites (tertiary alicyclic amines) is 1. The highest BCUT2D eigenvalue weighted by molar-refractivity contribution is 5.88. The van der Waals surface area contributed by atoms with Crippen molar-refractivity contribution in [2.45, 2.75) is 31.9 Å². The zero-order chi connectivity index (χ0) is 10.9. The number of ether oxygens (including phenoxy) is 1. The van der Waals surface area contributed by atoms with Crippen LogP contribution in [0.2, 0.25) is 0 Å². The molecule has 1 unspecified atom stereocenters. The fourth-order valence-corrected chi connectivity index (χ4v) is 1.59. The topological polar surface area (TPSA) is 66.8 Å². The standard InChI is InChI=1S/C9H15NO4/c1-9(2,8(13)14-3)10-5-6(11)4-7(10)12/h6,11H,4-5H2,1-3H3. The Hall–Kier alpha value is -1.10. The average Bonchev–Trinajstić information content (AvgIpc) is 2.44.